The van der Waals surface area contributed by atoms with Crippen LogP contribution in [-0.4, -0.2) is 48.5 Å². The number of fused-ring (bicyclic) bond motifs is 1. The van der Waals surface area contributed by atoms with Crippen molar-refractivity contribution < 1.29 is 14.9 Å². The molecule has 8 heteroatoms. The normalized spacial score (nSPS) is 28.0. The number of hydrogen-bond acceptors (Lipinski definition) is 6. The summed E-state index contributed by atoms with van der Waals surface area (Å²) in [5.74, 6) is 0. The summed E-state index contributed by atoms with van der Waals surface area (Å²) >= 11 is 0. The molecule has 2 aromatic heterocycles. The molecule has 0 spiro atoms. The van der Waals surface area contributed by atoms with E-state index in [1.54, 1.807) is 4.57 Å². The highest BCUT2D eigenvalue weighted by atomic mass is 16.5. The molecule has 1 aliphatic heterocycles. The number of nitrogens with zero attached hydrogens (tertiary/aromatic N) is 3. The molecule has 0 radical (unpaired) electrons. The minimum atomic E-state index is -0.731. The number of aromatic nitrogens is 4. The van der Waals surface area contributed by atoms with Crippen molar-refractivity contribution in [3.05, 3.63) is 23.0 Å². The van der Waals surface area contributed by atoms with Gasteiger partial charge in [-0.25, -0.2) is 9.78 Å². The van der Waals surface area contributed by atoms with Gasteiger partial charge in [-0.1, -0.05) is 0 Å². The van der Waals surface area contributed by atoms with Crippen molar-refractivity contribution in [1.82, 2.24) is 19.5 Å². The molecule has 0 aromatic carbocycles. The molecule has 0 aliphatic carbocycles. The second-order valence-electron chi connectivity index (χ2n) is 4.19. The summed E-state index contributed by atoms with van der Waals surface area (Å²) in [6, 6.07) is 0. The first-order valence-corrected chi connectivity index (χ1v) is 5.55. The molecule has 3 heterocycles. The molecule has 1 aliphatic rings. The van der Waals surface area contributed by atoms with E-state index >= 15 is 0 Å². The Morgan fingerprint density at radius 3 is 3.11 bits per heavy atom. The summed E-state index contributed by atoms with van der Waals surface area (Å²) in [6.07, 6.45) is 1.42. The predicted molar refractivity (Wildman–Crippen MR) is 59.8 cm³/mol. The number of aliphatic hydroxyl groups excluding tert-OH is 2. The third kappa shape index (κ3) is 1.70. The highest BCUT2D eigenvalue weighted by molar-refractivity contribution is 5.68. The maximum Gasteiger partial charge on any atom is 0.346 e. The van der Waals surface area contributed by atoms with E-state index in [4.69, 9.17) is 9.84 Å². The lowest BCUT2D eigenvalue weighted by Gasteiger charge is -2.13. The molecule has 2 aromatic rings. The van der Waals surface area contributed by atoms with Gasteiger partial charge in [0.25, 0.3) is 0 Å². The number of nitrogens with one attached hydrogen (secondary N) is 1. The van der Waals surface area contributed by atoms with Crippen LogP contribution < -0.4 is 5.69 Å². The lowest BCUT2D eigenvalue weighted by atomic mass is 10.2. The van der Waals surface area contributed by atoms with E-state index in [1.165, 1.54) is 12.5 Å². The molecular weight excluding hydrogens is 240 g/mol. The van der Waals surface area contributed by atoms with Crippen LogP contribution in [0.5, 0.6) is 0 Å². The average molecular weight is 252 g/mol. The second kappa shape index (κ2) is 4.16. The molecule has 0 amide bonds. The van der Waals surface area contributed by atoms with Gasteiger partial charge in [0.1, 0.15) is 23.5 Å². The Morgan fingerprint density at radius 1 is 1.56 bits per heavy atom. The molecule has 0 bridgehead atoms. The van der Waals surface area contributed by atoms with Crippen LogP contribution in [-0.2, 0) is 4.74 Å². The monoisotopic (exact) mass is 252 g/mol. The third-order valence-corrected chi connectivity index (χ3v) is 3.05. The van der Waals surface area contributed by atoms with Crippen molar-refractivity contribution in [2.75, 3.05) is 6.61 Å². The number of aliphatic hydroxyl groups is 2. The molecule has 1 fully saturated rings. The van der Waals surface area contributed by atoms with Crippen LogP contribution >= 0.6 is 0 Å². The van der Waals surface area contributed by atoms with E-state index in [2.05, 4.69) is 15.0 Å². The van der Waals surface area contributed by atoms with Gasteiger partial charge in [-0.15, -0.1) is 0 Å². The minimum absolute atomic E-state index is 0.248. The molecule has 3 atom stereocenters. The SMILES string of the molecule is O=c1ncc2ncn([C@@H]3C[C@@H](O)[C@H](CO)O3)c2[nH]1. The van der Waals surface area contributed by atoms with Crippen LogP contribution in [0.2, 0.25) is 0 Å². The van der Waals surface area contributed by atoms with Gasteiger partial charge in [0, 0.05) is 6.42 Å². The third-order valence-electron chi connectivity index (χ3n) is 3.05. The van der Waals surface area contributed by atoms with Gasteiger partial charge in [0.05, 0.1) is 25.2 Å². The maximum atomic E-state index is 11.2. The van der Waals surface area contributed by atoms with E-state index in [1.807, 2.05) is 0 Å². The van der Waals surface area contributed by atoms with Crippen LogP contribution in [0.1, 0.15) is 12.6 Å². The molecule has 1 saturated heterocycles. The van der Waals surface area contributed by atoms with Crippen molar-refractivity contribution in [2.45, 2.75) is 24.9 Å². The van der Waals surface area contributed by atoms with Crippen LogP contribution in [0.3, 0.4) is 0 Å². The van der Waals surface area contributed by atoms with Gasteiger partial charge in [-0.3, -0.25) is 9.55 Å². The summed E-state index contributed by atoms with van der Waals surface area (Å²) in [6.45, 7) is -0.248. The summed E-state index contributed by atoms with van der Waals surface area (Å²) in [5.41, 5.74) is 0.562. The Kier molecular flexibility index (Phi) is 2.62. The molecule has 8 nitrogen and oxygen atoms in total. The van der Waals surface area contributed by atoms with Crippen LogP contribution in [0.15, 0.2) is 17.3 Å². The van der Waals surface area contributed by atoms with Crippen molar-refractivity contribution in [1.29, 1.82) is 0 Å². The first-order valence-electron chi connectivity index (χ1n) is 5.55. The number of imidazole rings is 1. The van der Waals surface area contributed by atoms with Gasteiger partial charge in [-0.05, 0) is 0 Å². The van der Waals surface area contributed by atoms with Gasteiger partial charge in [0.2, 0.25) is 0 Å². The molecule has 0 unspecified atom stereocenters. The fraction of sp³-hybridized carbons (Fsp3) is 0.500. The number of rotatable bonds is 2. The highest BCUT2D eigenvalue weighted by Gasteiger charge is 2.35. The number of hydrogen-bond donors (Lipinski definition) is 3. The molecule has 96 valence electrons. The Balaban J connectivity index is 2.00. The van der Waals surface area contributed by atoms with E-state index in [-0.39, 0.29) is 6.61 Å². The van der Waals surface area contributed by atoms with Crippen molar-refractivity contribution in [3.63, 3.8) is 0 Å². The van der Waals surface area contributed by atoms with Crippen molar-refractivity contribution >= 4 is 11.2 Å². The smallest absolute Gasteiger partial charge is 0.346 e. The first kappa shape index (κ1) is 11.3. The van der Waals surface area contributed by atoms with E-state index < -0.39 is 24.1 Å². The van der Waals surface area contributed by atoms with Crippen LogP contribution in [0.4, 0.5) is 0 Å². The minimum Gasteiger partial charge on any atom is -0.394 e. The number of H-pyrrole nitrogens is 1. The van der Waals surface area contributed by atoms with Crippen LogP contribution in [0, 0.1) is 0 Å². The van der Waals surface area contributed by atoms with E-state index in [0.29, 0.717) is 17.6 Å². The largest absolute Gasteiger partial charge is 0.394 e. The Morgan fingerprint density at radius 2 is 2.39 bits per heavy atom. The highest BCUT2D eigenvalue weighted by Crippen LogP contribution is 2.30. The van der Waals surface area contributed by atoms with Crippen molar-refractivity contribution in [3.8, 4) is 0 Å². The Labute approximate surface area is 101 Å². The number of aromatic amines is 1. The summed E-state index contributed by atoms with van der Waals surface area (Å²) < 4.78 is 7.12. The standard InChI is InChI=1S/C10H12N4O4/c15-3-7-6(16)1-8(18-7)14-4-12-5-2-11-10(17)13-9(5)14/h2,4,6-8,15-16H,1,3H2,(H,11,13,17)/t6-,7+,8+/m1/s1. The molecule has 18 heavy (non-hydrogen) atoms. The zero-order chi connectivity index (χ0) is 12.7. The fourth-order valence-corrected chi connectivity index (χ4v) is 2.12. The van der Waals surface area contributed by atoms with Crippen LogP contribution in [0.25, 0.3) is 11.2 Å². The first-order chi connectivity index (χ1) is 8.69. The predicted octanol–water partition coefficient (Wildman–Crippen LogP) is -1.24. The zero-order valence-electron chi connectivity index (χ0n) is 9.35. The lowest BCUT2D eigenvalue weighted by Crippen LogP contribution is -2.24. The maximum absolute atomic E-state index is 11.2. The number of ether oxygens (including phenoxy) is 1. The zero-order valence-corrected chi connectivity index (χ0v) is 9.35. The Hall–Kier alpha value is -1.77. The Bertz CT molecular complexity index is 622. The van der Waals surface area contributed by atoms with Gasteiger partial charge >= 0.3 is 5.69 Å². The van der Waals surface area contributed by atoms with E-state index in [0.717, 1.165) is 0 Å². The summed E-state index contributed by atoms with van der Waals surface area (Å²) in [7, 11) is 0. The molecule has 3 N–H and O–H groups in total. The summed E-state index contributed by atoms with van der Waals surface area (Å²) in [5, 5.41) is 18.7. The topological polar surface area (TPSA) is 113 Å². The van der Waals surface area contributed by atoms with Crippen molar-refractivity contribution in [2.24, 2.45) is 0 Å². The van der Waals surface area contributed by atoms with E-state index in [9.17, 15) is 9.90 Å². The second-order valence-corrected chi connectivity index (χ2v) is 4.19. The van der Waals surface area contributed by atoms with Gasteiger partial charge in [0.15, 0.2) is 0 Å². The quantitative estimate of drug-likeness (QED) is 0.616. The van der Waals surface area contributed by atoms with Gasteiger partial charge < -0.3 is 14.9 Å². The average Bonchev–Trinajstić information content (AvgIpc) is 2.91. The summed E-state index contributed by atoms with van der Waals surface area (Å²) in [4.78, 5) is 21.4. The molecule has 0 saturated carbocycles. The molecular formula is C10H12N4O4. The van der Waals surface area contributed by atoms with Gasteiger partial charge in [-0.2, -0.15) is 4.98 Å². The lowest BCUT2D eigenvalue weighted by molar-refractivity contribution is -0.0432. The molecule has 3 rings (SSSR count). The fourth-order valence-electron chi connectivity index (χ4n) is 2.12.